The van der Waals surface area contributed by atoms with Gasteiger partial charge in [-0.25, -0.2) is 14.4 Å². The number of imidazole rings is 1. The number of halogens is 1. The Morgan fingerprint density at radius 2 is 1.90 bits per heavy atom. The number of nitrogens with zero attached hydrogens (tertiary/aromatic N) is 3. The van der Waals surface area contributed by atoms with E-state index in [2.05, 4.69) is 15.3 Å². The summed E-state index contributed by atoms with van der Waals surface area (Å²) in [7, 11) is 0. The lowest BCUT2D eigenvalue weighted by molar-refractivity contribution is -0.142. The molecule has 0 bridgehead atoms. The Hall–Kier alpha value is -3.59. The summed E-state index contributed by atoms with van der Waals surface area (Å²) < 4.78 is 20.1. The van der Waals surface area contributed by atoms with E-state index in [0.29, 0.717) is 28.8 Å². The maximum Gasteiger partial charge on any atom is 0.311 e. The Kier molecular flexibility index (Phi) is 6.03. The minimum Gasteiger partial charge on any atom is -0.466 e. The zero-order chi connectivity index (χ0) is 21.8. The van der Waals surface area contributed by atoms with Crippen LogP contribution in [0.4, 0.5) is 9.52 Å². The molecule has 0 aliphatic heterocycles. The van der Waals surface area contributed by atoms with Crippen molar-refractivity contribution in [3.8, 4) is 11.4 Å². The maximum atomic E-state index is 13.4. The number of hydrogen-bond donors (Lipinski definition) is 1. The third-order valence-electron chi connectivity index (χ3n) is 4.49. The molecule has 2 heterocycles. The predicted octanol–water partition coefficient (Wildman–Crippen LogP) is 4.04. The molecule has 0 saturated heterocycles. The number of hydrogen-bond acceptors (Lipinski definition) is 6. The second-order valence-electron chi connectivity index (χ2n) is 6.69. The van der Waals surface area contributed by atoms with Crippen LogP contribution >= 0.6 is 11.3 Å². The van der Waals surface area contributed by atoms with Crippen molar-refractivity contribution < 1.29 is 18.7 Å². The zero-order valence-electron chi connectivity index (χ0n) is 16.7. The first-order valence-electron chi connectivity index (χ1n) is 9.64. The Balaban J connectivity index is 1.55. The normalized spacial score (nSPS) is 10.9. The van der Waals surface area contributed by atoms with Crippen molar-refractivity contribution in [1.82, 2.24) is 14.5 Å². The van der Waals surface area contributed by atoms with Gasteiger partial charge in [0.25, 0.3) is 0 Å². The number of rotatable bonds is 7. The topological polar surface area (TPSA) is 86.1 Å². The molecule has 1 amide bonds. The number of anilines is 1. The molecule has 0 fully saturated rings. The van der Waals surface area contributed by atoms with Crippen molar-refractivity contribution in [2.75, 3.05) is 11.9 Å². The van der Waals surface area contributed by atoms with Crippen molar-refractivity contribution in [2.45, 2.75) is 19.9 Å². The maximum absolute atomic E-state index is 13.4. The van der Waals surface area contributed by atoms with Gasteiger partial charge in [-0.05, 0) is 43.3 Å². The lowest BCUT2D eigenvalue weighted by atomic mass is 10.2. The number of ether oxygens (including phenoxy) is 1. The van der Waals surface area contributed by atoms with Crippen LogP contribution in [0.25, 0.3) is 22.4 Å². The number of amides is 1. The molecule has 0 atom stereocenters. The third kappa shape index (κ3) is 4.77. The minimum atomic E-state index is -0.362. The van der Waals surface area contributed by atoms with Crippen LogP contribution in [0.1, 0.15) is 12.6 Å². The molecule has 0 saturated carbocycles. The molecule has 0 aliphatic carbocycles. The van der Waals surface area contributed by atoms with Crippen LogP contribution in [0.15, 0.2) is 53.9 Å². The van der Waals surface area contributed by atoms with Crippen LogP contribution in [0.5, 0.6) is 0 Å². The Labute approximate surface area is 181 Å². The van der Waals surface area contributed by atoms with Gasteiger partial charge in [0.05, 0.1) is 29.8 Å². The molecule has 31 heavy (non-hydrogen) atoms. The highest BCUT2D eigenvalue weighted by Gasteiger charge is 2.16. The summed E-state index contributed by atoms with van der Waals surface area (Å²) in [5.41, 5.74) is 2.77. The third-order valence-corrected chi connectivity index (χ3v) is 5.29. The summed E-state index contributed by atoms with van der Waals surface area (Å²) in [6.07, 6.45) is 0.0566. The number of esters is 1. The first kappa shape index (κ1) is 20.7. The van der Waals surface area contributed by atoms with Crippen molar-refractivity contribution in [1.29, 1.82) is 0 Å². The molecule has 2 aromatic carbocycles. The van der Waals surface area contributed by atoms with Crippen LogP contribution in [-0.4, -0.2) is 33.0 Å². The Morgan fingerprint density at radius 1 is 1.13 bits per heavy atom. The van der Waals surface area contributed by atoms with Crippen LogP contribution in [0, 0.1) is 5.82 Å². The lowest BCUT2D eigenvalue weighted by Crippen LogP contribution is -2.19. The molecule has 7 nitrogen and oxygen atoms in total. The Bertz CT molecular complexity index is 1230. The SMILES string of the molecule is CCOC(=O)Cc1csc(NC(=O)Cn2c(-c3ccc(F)cc3)nc3ccccc32)n1. The van der Waals surface area contributed by atoms with Gasteiger partial charge in [0.15, 0.2) is 5.13 Å². The number of carbonyl (C=O) groups excluding carboxylic acids is 2. The number of thiazole rings is 1. The molecule has 4 aromatic rings. The zero-order valence-corrected chi connectivity index (χ0v) is 17.5. The standard InChI is InChI=1S/C22H19FN4O3S/c1-2-30-20(29)11-16-13-31-22(24-16)26-19(28)12-27-18-6-4-3-5-17(18)25-21(27)14-7-9-15(23)10-8-14/h3-10,13H,2,11-12H2,1H3,(H,24,26,28). The van der Waals surface area contributed by atoms with Crippen molar-refractivity contribution in [3.05, 3.63) is 65.4 Å². The molecule has 0 unspecified atom stereocenters. The molecular formula is C22H19FN4O3S. The summed E-state index contributed by atoms with van der Waals surface area (Å²) in [6.45, 7) is 2.05. The summed E-state index contributed by atoms with van der Waals surface area (Å²) >= 11 is 1.24. The number of nitrogens with one attached hydrogen (secondary N) is 1. The molecular weight excluding hydrogens is 419 g/mol. The molecule has 9 heteroatoms. The monoisotopic (exact) mass is 438 g/mol. The smallest absolute Gasteiger partial charge is 0.311 e. The van der Waals surface area contributed by atoms with E-state index in [1.807, 2.05) is 24.3 Å². The molecule has 0 spiro atoms. The fraction of sp³-hybridized carbons (Fsp3) is 0.182. The molecule has 0 aliphatic rings. The van der Waals surface area contributed by atoms with Gasteiger partial charge in [0.1, 0.15) is 18.2 Å². The van der Waals surface area contributed by atoms with E-state index in [1.165, 1.54) is 23.5 Å². The van der Waals surface area contributed by atoms with Crippen LogP contribution in [0.2, 0.25) is 0 Å². The first-order valence-corrected chi connectivity index (χ1v) is 10.5. The molecule has 1 N–H and O–H groups in total. The number of carbonyl (C=O) groups is 2. The number of benzene rings is 2. The highest BCUT2D eigenvalue weighted by atomic mass is 32.1. The van der Waals surface area contributed by atoms with Gasteiger partial charge in [-0.3, -0.25) is 9.59 Å². The molecule has 0 radical (unpaired) electrons. The van der Waals surface area contributed by atoms with E-state index in [4.69, 9.17) is 4.74 Å². The average Bonchev–Trinajstić information content (AvgIpc) is 3.33. The molecule has 158 valence electrons. The summed E-state index contributed by atoms with van der Waals surface area (Å²) in [5.74, 6) is -0.423. The number of para-hydroxylation sites is 2. The van der Waals surface area contributed by atoms with Crippen molar-refractivity contribution in [2.24, 2.45) is 0 Å². The summed E-state index contributed by atoms with van der Waals surface area (Å²) in [6, 6.07) is 13.5. The van der Waals surface area contributed by atoms with Crippen LogP contribution < -0.4 is 5.32 Å². The van der Waals surface area contributed by atoms with Crippen molar-refractivity contribution in [3.63, 3.8) is 0 Å². The van der Waals surface area contributed by atoms with Gasteiger partial charge in [-0.15, -0.1) is 11.3 Å². The fourth-order valence-corrected chi connectivity index (χ4v) is 3.89. The van der Waals surface area contributed by atoms with Crippen LogP contribution in [0.3, 0.4) is 0 Å². The molecule has 4 rings (SSSR count). The van der Waals surface area contributed by atoms with Gasteiger partial charge in [-0.2, -0.15) is 0 Å². The van der Waals surface area contributed by atoms with E-state index in [9.17, 15) is 14.0 Å². The average molecular weight is 438 g/mol. The first-order chi connectivity index (χ1) is 15.0. The highest BCUT2D eigenvalue weighted by Crippen LogP contribution is 2.25. The van der Waals surface area contributed by atoms with E-state index in [-0.39, 0.29) is 30.7 Å². The van der Waals surface area contributed by atoms with E-state index >= 15 is 0 Å². The molecule has 2 aromatic heterocycles. The predicted molar refractivity (Wildman–Crippen MR) is 116 cm³/mol. The van der Waals surface area contributed by atoms with Gasteiger partial charge in [0, 0.05) is 10.9 Å². The lowest BCUT2D eigenvalue weighted by Gasteiger charge is -2.09. The quantitative estimate of drug-likeness (QED) is 0.440. The number of fused-ring (bicyclic) bond motifs is 1. The van der Waals surface area contributed by atoms with Crippen molar-refractivity contribution >= 4 is 39.4 Å². The van der Waals surface area contributed by atoms with Crippen LogP contribution in [-0.2, 0) is 27.3 Å². The van der Waals surface area contributed by atoms with E-state index in [1.54, 1.807) is 29.0 Å². The van der Waals surface area contributed by atoms with E-state index in [0.717, 1.165) is 11.0 Å². The largest absolute Gasteiger partial charge is 0.466 e. The van der Waals surface area contributed by atoms with Gasteiger partial charge in [-0.1, -0.05) is 12.1 Å². The second-order valence-corrected chi connectivity index (χ2v) is 7.55. The summed E-state index contributed by atoms with van der Waals surface area (Å²) in [5, 5.41) is 4.88. The van der Waals surface area contributed by atoms with Gasteiger partial charge >= 0.3 is 5.97 Å². The minimum absolute atomic E-state index is 0.0000127. The highest BCUT2D eigenvalue weighted by molar-refractivity contribution is 7.13. The fourth-order valence-electron chi connectivity index (χ4n) is 3.16. The van der Waals surface area contributed by atoms with Gasteiger partial charge in [0.2, 0.25) is 5.91 Å². The second kappa shape index (κ2) is 9.05. The number of aromatic nitrogens is 3. The van der Waals surface area contributed by atoms with E-state index < -0.39 is 0 Å². The Morgan fingerprint density at radius 3 is 2.68 bits per heavy atom. The van der Waals surface area contributed by atoms with Gasteiger partial charge < -0.3 is 14.6 Å². The summed E-state index contributed by atoms with van der Waals surface area (Å²) in [4.78, 5) is 33.2.